The van der Waals surface area contributed by atoms with Crippen LogP contribution in [0.1, 0.15) is 5.56 Å². The van der Waals surface area contributed by atoms with Crippen LogP contribution in [0.3, 0.4) is 0 Å². The molecule has 2 aromatic carbocycles. The summed E-state index contributed by atoms with van der Waals surface area (Å²) in [6, 6.07) is 9.49. The van der Waals surface area contributed by atoms with Crippen LogP contribution in [0.2, 0.25) is 0 Å². The number of hydrogen-bond acceptors (Lipinski definition) is 4. The summed E-state index contributed by atoms with van der Waals surface area (Å²) >= 11 is 0. The third-order valence-electron chi connectivity index (χ3n) is 3.31. The van der Waals surface area contributed by atoms with Gasteiger partial charge in [-0.2, -0.15) is 0 Å². The highest BCUT2D eigenvalue weighted by Crippen LogP contribution is 2.28. The first-order valence-corrected chi connectivity index (χ1v) is 7.05. The van der Waals surface area contributed by atoms with Crippen molar-refractivity contribution in [2.75, 3.05) is 31.4 Å². The summed E-state index contributed by atoms with van der Waals surface area (Å²) in [4.78, 5) is 12.1. The number of ether oxygens (including phenoxy) is 2. The van der Waals surface area contributed by atoms with Crippen LogP contribution in [0.15, 0.2) is 36.4 Å². The van der Waals surface area contributed by atoms with Gasteiger partial charge in [0.05, 0.1) is 26.5 Å². The van der Waals surface area contributed by atoms with Gasteiger partial charge < -0.3 is 20.1 Å². The number of methoxy groups -OCH3 is 2. The molecule has 0 spiro atoms. The normalized spacial score (nSPS) is 10.1. The smallest absolute Gasteiger partial charge is 0.243 e. The standard InChI is InChI=1S/C17H19FN2O3/c1-11-8-12(18)4-6-14(11)19-10-17(21)20-15-7-5-13(22-2)9-16(15)23-3/h4-9,19H,10H2,1-3H3,(H,20,21). The van der Waals surface area contributed by atoms with Gasteiger partial charge in [-0.25, -0.2) is 4.39 Å². The zero-order chi connectivity index (χ0) is 16.8. The average molecular weight is 318 g/mol. The highest BCUT2D eigenvalue weighted by molar-refractivity contribution is 5.95. The highest BCUT2D eigenvalue weighted by atomic mass is 19.1. The van der Waals surface area contributed by atoms with Crippen molar-refractivity contribution in [3.63, 3.8) is 0 Å². The Labute approximate surface area is 134 Å². The number of amides is 1. The van der Waals surface area contributed by atoms with Crippen LogP contribution in [0.5, 0.6) is 11.5 Å². The van der Waals surface area contributed by atoms with Gasteiger partial charge in [-0.15, -0.1) is 0 Å². The second-order valence-corrected chi connectivity index (χ2v) is 4.93. The minimum atomic E-state index is -0.305. The Morgan fingerprint density at radius 3 is 2.48 bits per heavy atom. The summed E-state index contributed by atoms with van der Waals surface area (Å²) in [7, 11) is 3.08. The summed E-state index contributed by atoms with van der Waals surface area (Å²) in [5.74, 6) is 0.605. The summed E-state index contributed by atoms with van der Waals surface area (Å²) < 4.78 is 23.4. The Bertz CT molecular complexity index is 704. The molecule has 0 unspecified atom stereocenters. The van der Waals surface area contributed by atoms with E-state index in [0.29, 0.717) is 22.9 Å². The van der Waals surface area contributed by atoms with Crippen molar-refractivity contribution in [1.29, 1.82) is 0 Å². The van der Waals surface area contributed by atoms with E-state index in [1.165, 1.54) is 19.2 Å². The average Bonchev–Trinajstić information content (AvgIpc) is 2.54. The number of aryl methyl sites for hydroxylation is 1. The SMILES string of the molecule is COc1ccc(NC(=O)CNc2ccc(F)cc2C)c(OC)c1. The van der Waals surface area contributed by atoms with Crippen LogP contribution in [0.4, 0.5) is 15.8 Å². The highest BCUT2D eigenvalue weighted by Gasteiger charge is 2.09. The summed E-state index contributed by atoms with van der Waals surface area (Å²) in [6.07, 6.45) is 0. The third-order valence-corrected chi connectivity index (χ3v) is 3.31. The molecule has 122 valence electrons. The third kappa shape index (κ3) is 4.35. The Hall–Kier alpha value is -2.76. The van der Waals surface area contributed by atoms with Gasteiger partial charge in [0.25, 0.3) is 0 Å². The molecule has 0 heterocycles. The number of carbonyl (C=O) groups is 1. The van der Waals surface area contributed by atoms with Crippen molar-refractivity contribution in [2.24, 2.45) is 0 Å². The number of halogens is 1. The van der Waals surface area contributed by atoms with Gasteiger partial charge in [0.15, 0.2) is 0 Å². The van der Waals surface area contributed by atoms with Crippen LogP contribution in [0, 0.1) is 12.7 Å². The Balaban J connectivity index is 1.99. The van der Waals surface area contributed by atoms with Crippen molar-refractivity contribution in [3.8, 4) is 11.5 Å². The lowest BCUT2D eigenvalue weighted by Gasteiger charge is -2.13. The first kappa shape index (κ1) is 16.6. The van der Waals surface area contributed by atoms with E-state index in [1.54, 1.807) is 38.3 Å². The topological polar surface area (TPSA) is 59.6 Å². The first-order chi connectivity index (χ1) is 11.0. The summed E-state index contributed by atoms with van der Waals surface area (Å²) in [6.45, 7) is 1.83. The summed E-state index contributed by atoms with van der Waals surface area (Å²) in [5.41, 5.74) is 2.00. The molecule has 0 atom stereocenters. The molecule has 0 saturated carbocycles. The molecule has 2 aromatic rings. The quantitative estimate of drug-likeness (QED) is 0.859. The van der Waals surface area contributed by atoms with E-state index < -0.39 is 0 Å². The molecule has 0 bridgehead atoms. The predicted octanol–water partition coefficient (Wildman–Crippen LogP) is 3.20. The molecule has 0 aromatic heterocycles. The molecule has 0 radical (unpaired) electrons. The van der Waals surface area contributed by atoms with E-state index >= 15 is 0 Å². The van der Waals surface area contributed by atoms with Crippen LogP contribution in [-0.2, 0) is 4.79 Å². The number of anilines is 2. The minimum Gasteiger partial charge on any atom is -0.497 e. The van der Waals surface area contributed by atoms with Gasteiger partial charge in [-0.3, -0.25) is 4.79 Å². The molecular formula is C17H19FN2O3. The number of hydrogen-bond donors (Lipinski definition) is 2. The van der Waals surface area contributed by atoms with Crippen molar-refractivity contribution >= 4 is 17.3 Å². The van der Waals surface area contributed by atoms with Gasteiger partial charge in [-0.05, 0) is 42.8 Å². The largest absolute Gasteiger partial charge is 0.497 e. The maximum Gasteiger partial charge on any atom is 0.243 e. The van der Waals surface area contributed by atoms with Gasteiger partial charge in [0.1, 0.15) is 17.3 Å². The number of carbonyl (C=O) groups excluding carboxylic acids is 1. The molecule has 0 aliphatic heterocycles. The summed E-state index contributed by atoms with van der Waals surface area (Å²) in [5, 5.41) is 5.73. The maximum atomic E-state index is 13.0. The molecule has 1 amide bonds. The van der Waals surface area contributed by atoms with E-state index in [-0.39, 0.29) is 18.3 Å². The zero-order valence-electron chi connectivity index (χ0n) is 13.3. The van der Waals surface area contributed by atoms with Gasteiger partial charge in [0, 0.05) is 11.8 Å². The van der Waals surface area contributed by atoms with Crippen molar-refractivity contribution < 1.29 is 18.7 Å². The molecule has 6 heteroatoms. The lowest BCUT2D eigenvalue weighted by atomic mass is 10.2. The van der Waals surface area contributed by atoms with Crippen LogP contribution in [-0.4, -0.2) is 26.7 Å². The van der Waals surface area contributed by atoms with Gasteiger partial charge in [-0.1, -0.05) is 0 Å². The fourth-order valence-corrected chi connectivity index (χ4v) is 2.10. The lowest BCUT2D eigenvalue weighted by molar-refractivity contribution is -0.114. The molecular weight excluding hydrogens is 299 g/mol. The first-order valence-electron chi connectivity index (χ1n) is 7.05. The zero-order valence-corrected chi connectivity index (χ0v) is 13.3. The molecule has 0 aliphatic carbocycles. The fourth-order valence-electron chi connectivity index (χ4n) is 2.10. The van der Waals surface area contributed by atoms with E-state index in [1.807, 2.05) is 0 Å². The molecule has 0 aliphatic rings. The maximum absolute atomic E-state index is 13.0. The molecule has 2 rings (SSSR count). The molecule has 23 heavy (non-hydrogen) atoms. The molecule has 5 nitrogen and oxygen atoms in total. The Morgan fingerprint density at radius 2 is 1.83 bits per heavy atom. The van der Waals surface area contributed by atoms with Crippen molar-refractivity contribution in [1.82, 2.24) is 0 Å². The predicted molar refractivity (Wildman–Crippen MR) is 87.8 cm³/mol. The van der Waals surface area contributed by atoms with E-state index in [0.717, 1.165) is 5.56 Å². The fraction of sp³-hybridized carbons (Fsp3) is 0.235. The molecule has 2 N–H and O–H groups in total. The van der Waals surface area contributed by atoms with Crippen LogP contribution >= 0.6 is 0 Å². The minimum absolute atomic E-state index is 0.0572. The van der Waals surface area contributed by atoms with E-state index in [2.05, 4.69) is 10.6 Å². The lowest BCUT2D eigenvalue weighted by Crippen LogP contribution is -2.22. The number of benzene rings is 2. The molecule has 0 fully saturated rings. The van der Waals surface area contributed by atoms with Crippen molar-refractivity contribution in [2.45, 2.75) is 6.92 Å². The van der Waals surface area contributed by atoms with E-state index in [4.69, 9.17) is 9.47 Å². The second kappa shape index (κ2) is 7.49. The van der Waals surface area contributed by atoms with Crippen molar-refractivity contribution in [3.05, 3.63) is 47.8 Å². The monoisotopic (exact) mass is 318 g/mol. The Morgan fingerprint density at radius 1 is 1.09 bits per heavy atom. The van der Waals surface area contributed by atoms with Gasteiger partial charge >= 0.3 is 0 Å². The van der Waals surface area contributed by atoms with E-state index in [9.17, 15) is 9.18 Å². The number of rotatable bonds is 6. The Kier molecular flexibility index (Phi) is 5.41. The van der Waals surface area contributed by atoms with Crippen LogP contribution in [0.25, 0.3) is 0 Å². The second-order valence-electron chi connectivity index (χ2n) is 4.93. The molecule has 0 saturated heterocycles. The van der Waals surface area contributed by atoms with Gasteiger partial charge in [0.2, 0.25) is 5.91 Å². The number of nitrogens with one attached hydrogen (secondary N) is 2. The van der Waals surface area contributed by atoms with Crippen LogP contribution < -0.4 is 20.1 Å².